The van der Waals surface area contributed by atoms with E-state index in [4.69, 9.17) is 9.15 Å². The first-order valence-electron chi connectivity index (χ1n) is 7.10. The Bertz CT molecular complexity index is 481. The van der Waals surface area contributed by atoms with Gasteiger partial charge in [0.2, 0.25) is 11.8 Å². The summed E-state index contributed by atoms with van der Waals surface area (Å²) >= 11 is 0. The summed E-state index contributed by atoms with van der Waals surface area (Å²) in [7, 11) is 0. The summed E-state index contributed by atoms with van der Waals surface area (Å²) in [5.41, 5.74) is 1.17. The predicted octanol–water partition coefficient (Wildman–Crippen LogP) is 0.660. The van der Waals surface area contributed by atoms with Gasteiger partial charge in [-0.3, -0.25) is 9.91 Å². The first-order valence-corrected chi connectivity index (χ1v) is 7.10. The number of hydrogen-bond donors (Lipinski definition) is 0. The van der Waals surface area contributed by atoms with Crippen LogP contribution in [0.4, 0.5) is 0 Å². The molecule has 0 radical (unpaired) electrons. The number of hydrazone groups is 1. The van der Waals surface area contributed by atoms with E-state index in [-0.39, 0.29) is 0 Å². The zero-order chi connectivity index (χ0) is 13.9. The third-order valence-electron chi connectivity index (χ3n) is 3.69. The van der Waals surface area contributed by atoms with Gasteiger partial charge in [-0.15, -0.1) is 10.2 Å². The van der Waals surface area contributed by atoms with Crippen LogP contribution >= 0.6 is 0 Å². The van der Waals surface area contributed by atoms with E-state index < -0.39 is 0 Å². The molecule has 3 rings (SSSR count). The van der Waals surface area contributed by atoms with E-state index in [9.17, 15) is 0 Å². The van der Waals surface area contributed by atoms with E-state index in [2.05, 4.69) is 32.1 Å². The Balaban J connectivity index is 1.61. The predicted molar refractivity (Wildman–Crippen MR) is 73.4 cm³/mol. The summed E-state index contributed by atoms with van der Waals surface area (Å²) in [6.45, 7) is 9.15. The van der Waals surface area contributed by atoms with E-state index in [0.29, 0.717) is 24.4 Å². The lowest BCUT2D eigenvalue weighted by molar-refractivity contribution is 0.0238. The molecule has 7 heteroatoms. The Labute approximate surface area is 118 Å². The molecule has 1 aromatic heterocycles. The third-order valence-corrected chi connectivity index (χ3v) is 3.69. The first kappa shape index (κ1) is 13.5. The van der Waals surface area contributed by atoms with Crippen molar-refractivity contribution in [2.75, 3.05) is 32.8 Å². The molecule has 1 unspecified atom stereocenters. The standard InChI is InChI=1S/C13H21N5O2/c1-10-7-12(8-17-3-5-19-6-4-17)18(16-10)9-13-15-14-11(2)20-13/h12H,3-9H2,1-2H3. The Morgan fingerprint density at radius 1 is 1.20 bits per heavy atom. The summed E-state index contributed by atoms with van der Waals surface area (Å²) < 4.78 is 10.8. The highest BCUT2D eigenvalue weighted by Gasteiger charge is 2.28. The van der Waals surface area contributed by atoms with Crippen molar-refractivity contribution in [3.05, 3.63) is 11.8 Å². The van der Waals surface area contributed by atoms with Gasteiger partial charge in [-0.1, -0.05) is 0 Å². The molecule has 0 bridgehead atoms. The second-order valence-electron chi connectivity index (χ2n) is 5.42. The molecular weight excluding hydrogens is 258 g/mol. The number of ether oxygens (including phenoxy) is 1. The quantitative estimate of drug-likeness (QED) is 0.806. The molecule has 0 spiro atoms. The van der Waals surface area contributed by atoms with Crippen LogP contribution in [0, 0.1) is 6.92 Å². The molecule has 1 saturated heterocycles. The minimum Gasteiger partial charge on any atom is -0.424 e. The third kappa shape index (κ3) is 3.16. The molecule has 1 aromatic rings. The topological polar surface area (TPSA) is 67.0 Å². The van der Waals surface area contributed by atoms with Crippen LogP contribution in [-0.4, -0.2) is 64.7 Å². The maximum Gasteiger partial charge on any atom is 0.237 e. The minimum absolute atomic E-state index is 0.389. The van der Waals surface area contributed by atoms with Crippen LogP contribution in [0.3, 0.4) is 0 Å². The van der Waals surface area contributed by atoms with E-state index in [1.165, 1.54) is 5.71 Å². The number of aryl methyl sites for hydroxylation is 1. The maximum atomic E-state index is 5.45. The summed E-state index contributed by atoms with van der Waals surface area (Å²) in [4.78, 5) is 2.44. The van der Waals surface area contributed by atoms with Crippen molar-refractivity contribution in [1.29, 1.82) is 0 Å². The number of rotatable bonds is 4. The van der Waals surface area contributed by atoms with Gasteiger partial charge in [-0.05, 0) is 6.92 Å². The molecule has 0 amide bonds. The second-order valence-corrected chi connectivity index (χ2v) is 5.42. The largest absolute Gasteiger partial charge is 0.424 e. The Morgan fingerprint density at radius 3 is 2.70 bits per heavy atom. The van der Waals surface area contributed by atoms with E-state index in [1.54, 1.807) is 6.92 Å². The zero-order valence-corrected chi connectivity index (χ0v) is 12.1. The Morgan fingerprint density at radius 2 is 2.00 bits per heavy atom. The van der Waals surface area contributed by atoms with Crippen molar-refractivity contribution in [3.8, 4) is 0 Å². The van der Waals surface area contributed by atoms with Gasteiger partial charge in [0.1, 0.15) is 6.54 Å². The zero-order valence-electron chi connectivity index (χ0n) is 12.1. The number of morpholine rings is 1. The molecule has 0 saturated carbocycles. The first-order chi connectivity index (χ1) is 9.70. The average Bonchev–Trinajstić information content (AvgIpc) is 2.98. The van der Waals surface area contributed by atoms with Crippen LogP contribution in [0.5, 0.6) is 0 Å². The summed E-state index contributed by atoms with van der Waals surface area (Å²) in [6.07, 6.45) is 1.00. The fourth-order valence-corrected chi connectivity index (χ4v) is 2.73. The monoisotopic (exact) mass is 279 g/mol. The fraction of sp³-hybridized carbons (Fsp3) is 0.769. The van der Waals surface area contributed by atoms with Gasteiger partial charge in [-0.25, -0.2) is 0 Å². The average molecular weight is 279 g/mol. The van der Waals surface area contributed by atoms with Gasteiger partial charge < -0.3 is 9.15 Å². The summed E-state index contributed by atoms with van der Waals surface area (Å²) in [6, 6.07) is 0.389. The summed E-state index contributed by atoms with van der Waals surface area (Å²) in [5.74, 6) is 1.23. The van der Waals surface area contributed by atoms with Crippen LogP contribution < -0.4 is 0 Å². The van der Waals surface area contributed by atoms with Crippen molar-refractivity contribution in [1.82, 2.24) is 20.1 Å². The smallest absolute Gasteiger partial charge is 0.237 e. The molecule has 2 aliphatic heterocycles. The van der Waals surface area contributed by atoms with Gasteiger partial charge in [-0.2, -0.15) is 5.10 Å². The molecule has 0 N–H and O–H groups in total. The molecule has 1 atom stereocenters. The lowest BCUT2D eigenvalue weighted by Gasteiger charge is -2.31. The summed E-state index contributed by atoms with van der Waals surface area (Å²) in [5, 5.41) is 14.6. The molecule has 1 fully saturated rings. The molecule has 110 valence electrons. The fourth-order valence-electron chi connectivity index (χ4n) is 2.73. The normalized spacial score (nSPS) is 24.2. The van der Waals surface area contributed by atoms with Gasteiger partial charge in [0.05, 0.1) is 19.3 Å². The lowest BCUT2D eigenvalue weighted by Crippen LogP contribution is -2.44. The van der Waals surface area contributed by atoms with Crippen LogP contribution in [0.25, 0.3) is 0 Å². The van der Waals surface area contributed by atoms with Crippen LogP contribution in [0.15, 0.2) is 9.52 Å². The van der Waals surface area contributed by atoms with Crippen LogP contribution in [0.2, 0.25) is 0 Å². The number of nitrogens with zero attached hydrogens (tertiary/aromatic N) is 5. The number of aromatic nitrogens is 2. The molecule has 0 aliphatic carbocycles. The van der Waals surface area contributed by atoms with E-state index in [1.807, 2.05) is 0 Å². The minimum atomic E-state index is 0.389. The van der Waals surface area contributed by atoms with Gasteiger partial charge in [0.25, 0.3) is 0 Å². The van der Waals surface area contributed by atoms with Crippen molar-refractivity contribution in [3.63, 3.8) is 0 Å². The van der Waals surface area contributed by atoms with Crippen LogP contribution in [0.1, 0.15) is 25.1 Å². The van der Waals surface area contributed by atoms with Crippen molar-refractivity contribution in [2.45, 2.75) is 32.9 Å². The maximum absolute atomic E-state index is 5.45. The van der Waals surface area contributed by atoms with Crippen molar-refractivity contribution in [2.24, 2.45) is 5.10 Å². The lowest BCUT2D eigenvalue weighted by atomic mass is 10.1. The molecule has 20 heavy (non-hydrogen) atoms. The van der Waals surface area contributed by atoms with Crippen molar-refractivity contribution >= 4 is 5.71 Å². The van der Waals surface area contributed by atoms with Gasteiger partial charge >= 0.3 is 0 Å². The van der Waals surface area contributed by atoms with Gasteiger partial charge in [0, 0.05) is 38.7 Å². The van der Waals surface area contributed by atoms with E-state index >= 15 is 0 Å². The molecule has 0 aromatic carbocycles. The van der Waals surface area contributed by atoms with E-state index in [0.717, 1.165) is 39.3 Å². The molecular formula is C13H21N5O2. The Kier molecular flexibility index (Phi) is 3.98. The molecule has 7 nitrogen and oxygen atoms in total. The van der Waals surface area contributed by atoms with Crippen molar-refractivity contribution < 1.29 is 9.15 Å². The van der Waals surface area contributed by atoms with Crippen LogP contribution in [-0.2, 0) is 11.3 Å². The highest BCUT2D eigenvalue weighted by Crippen LogP contribution is 2.19. The van der Waals surface area contributed by atoms with Gasteiger partial charge in [0.15, 0.2) is 0 Å². The number of hydrogen-bond acceptors (Lipinski definition) is 7. The highest BCUT2D eigenvalue weighted by molar-refractivity contribution is 5.83. The second kappa shape index (κ2) is 5.88. The SMILES string of the molecule is CC1=NN(Cc2nnc(C)o2)C(CN2CCOCC2)C1. The highest BCUT2D eigenvalue weighted by atomic mass is 16.5. The molecule has 2 aliphatic rings. The Hall–Kier alpha value is -1.47. The molecule has 3 heterocycles.